The molecule has 16 heavy (non-hydrogen) atoms. The highest BCUT2D eigenvalue weighted by atomic mass is 19.4. The Morgan fingerprint density at radius 2 is 0.750 bits per heavy atom. The number of hydrogen-bond acceptors (Lipinski definition) is 0. The van der Waals surface area contributed by atoms with Gasteiger partial charge in [-0.05, 0) is 5.92 Å². The zero-order valence-corrected chi connectivity index (χ0v) is 6.66. The van der Waals surface area contributed by atoms with Gasteiger partial charge in [-0.1, -0.05) is 0 Å². The molecular formula is C5F11-. The zero-order valence-electron chi connectivity index (χ0n) is 6.66. The standard InChI is InChI=1S/C5F11/c6-2(7,5(14,15)16)1(3(8,9)10)4(11,12)13/q-1. The van der Waals surface area contributed by atoms with E-state index in [1.165, 1.54) is 0 Å². The van der Waals surface area contributed by atoms with E-state index < -0.39 is 30.4 Å². The molecule has 0 aliphatic rings. The summed E-state index contributed by atoms with van der Waals surface area (Å²) >= 11 is 0. The second kappa shape index (κ2) is 3.62. The van der Waals surface area contributed by atoms with Crippen LogP contribution in [0.1, 0.15) is 0 Å². The van der Waals surface area contributed by atoms with Crippen LogP contribution in [0, 0.1) is 5.92 Å². The summed E-state index contributed by atoms with van der Waals surface area (Å²) in [5, 5.41) is 0. The molecule has 11 heteroatoms. The summed E-state index contributed by atoms with van der Waals surface area (Å²) in [5.74, 6) is -11.8. The van der Waals surface area contributed by atoms with E-state index in [4.69, 9.17) is 0 Å². The molecule has 0 aromatic rings. The first-order valence-corrected chi connectivity index (χ1v) is 3.08. The third-order valence-corrected chi connectivity index (χ3v) is 1.24. The molecule has 0 rings (SSSR count). The molecule has 0 radical (unpaired) electrons. The van der Waals surface area contributed by atoms with E-state index in [0.717, 1.165) is 0 Å². The van der Waals surface area contributed by atoms with Crippen molar-refractivity contribution in [3.8, 4) is 0 Å². The largest absolute Gasteiger partial charge is 0.423 e. The maximum absolute atomic E-state index is 12.0. The van der Waals surface area contributed by atoms with Crippen LogP contribution in [-0.4, -0.2) is 24.5 Å². The Balaban J connectivity index is 5.57. The average Bonchev–Trinajstić information content (AvgIpc) is 1.72. The molecule has 0 saturated carbocycles. The molecule has 0 amide bonds. The summed E-state index contributed by atoms with van der Waals surface area (Å²) in [4.78, 5) is 0. The van der Waals surface area contributed by atoms with Gasteiger partial charge in [-0.3, -0.25) is 0 Å². The van der Waals surface area contributed by atoms with Gasteiger partial charge in [-0.2, -0.15) is 13.2 Å². The van der Waals surface area contributed by atoms with Crippen LogP contribution in [-0.2, 0) is 0 Å². The van der Waals surface area contributed by atoms with E-state index >= 15 is 0 Å². The summed E-state index contributed by atoms with van der Waals surface area (Å²) in [6, 6.07) is 0. The molecule has 0 nitrogen and oxygen atoms in total. The monoisotopic (exact) mass is 269 g/mol. The highest BCUT2D eigenvalue weighted by Crippen LogP contribution is 2.55. The van der Waals surface area contributed by atoms with Crippen molar-refractivity contribution in [1.82, 2.24) is 0 Å². The molecule has 0 bridgehead atoms. The molecule has 0 unspecified atom stereocenters. The van der Waals surface area contributed by atoms with E-state index in [2.05, 4.69) is 0 Å². The Hall–Kier alpha value is -0.770. The van der Waals surface area contributed by atoms with Crippen molar-refractivity contribution in [2.24, 2.45) is 0 Å². The molecular weight excluding hydrogens is 269 g/mol. The number of alkyl halides is 11. The molecule has 98 valence electrons. The van der Waals surface area contributed by atoms with Crippen molar-refractivity contribution >= 4 is 0 Å². The molecule has 0 N–H and O–H groups in total. The highest BCUT2D eigenvalue weighted by molar-refractivity contribution is 5.17. The Morgan fingerprint density at radius 1 is 0.500 bits per heavy atom. The molecule has 0 aromatic heterocycles. The Morgan fingerprint density at radius 3 is 0.812 bits per heavy atom. The van der Waals surface area contributed by atoms with Crippen molar-refractivity contribution in [3.63, 3.8) is 0 Å². The summed E-state index contributed by atoms with van der Waals surface area (Å²) < 4.78 is 127. The van der Waals surface area contributed by atoms with Crippen LogP contribution in [0.4, 0.5) is 48.3 Å². The molecule has 0 aromatic carbocycles. The lowest BCUT2D eigenvalue weighted by molar-refractivity contribution is -0.330. The van der Waals surface area contributed by atoms with Crippen LogP contribution in [0.15, 0.2) is 0 Å². The van der Waals surface area contributed by atoms with Crippen molar-refractivity contribution in [3.05, 3.63) is 5.92 Å². The first-order chi connectivity index (χ1) is 6.62. The van der Waals surface area contributed by atoms with Gasteiger partial charge in [0.1, 0.15) is 0 Å². The summed E-state index contributed by atoms with van der Waals surface area (Å²) in [6.07, 6.45) is -20.7. The third-order valence-electron chi connectivity index (χ3n) is 1.24. The second-order valence-electron chi connectivity index (χ2n) is 2.44. The van der Waals surface area contributed by atoms with Crippen molar-refractivity contribution in [2.45, 2.75) is 24.5 Å². The number of rotatable bonds is 1. The van der Waals surface area contributed by atoms with Gasteiger partial charge in [0.2, 0.25) is 5.92 Å². The number of hydrogen-bond donors (Lipinski definition) is 0. The highest BCUT2D eigenvalue weighted by Gasteiger charge is 2.66. The van der Waals surface area contributed by atoms with Gasteiger partial charge in [-0.25, -0.2) is 35.1 Å². The van der Waals surface area contributed by atoms with Gasteiger partial charge in [0, 0.05) is 0 Å². The summed E-state index contributed by atoms with van der Waals surface area (Å²) in [7, 11) is 0. The average molecular weight is 269 g/mol. The van der Waals surface area contributed by atoms with Crippen LogP contribution < -0.4 is 0 Å². The molecule has 0 fully saturated rings. The van der Waals surface area contributed by atoms with Crippen molar-refractivity contribution in [2.75, 3.05) is 0 Å². The van der Waals surface area contributed by atoms with Crippen molar-refractivity contribution in [1.29, 1.82) is 0 Å². The molecule has 0 saturated heterocycles. The fourth-order valence-electron chi connectivity index (χ4n) is 0.658. The lowest BCUT2D eigenvalue weighted by Gasteiger charge is -2.42. The summed E-state index contributed by atoms with van der Waals surface area (Å²) in [5.41, 5.74) is 0. The Kier molecular flexibility index (Phi) is 3.45. The maximum Gasteiger partial charge on any atom is 0.423 e. The fraction of sp³-hybridized carbons (Fsp3) is 0.800. The van der Waals surface area contributed by atoms with E-state index in [9.17, 15) is 48.3 Å². The lowest BCUT2D eigenvalue weighted by atomic mass is 9.99. The van der Waals surface area contributed by atoms with Crippen LogP contribution in [0.2, 0.25) is 0 Å². The van der Waals surface area contributed by atoms with Gasteiger partial charge in [0.25, 0.3) is 12.4 Å². The molecule has 0 aliphatic carbocycles. The minimum atomic E-state index is -7.01. The zero-order chi connectivity index (χ0) is 13.6. The van der Waals surface area contributed by atoms with Crippen LogP contribution in [0.25, 0.3) is 0 Å². The van der Waals surface area contributed by atoms with Crippen LogP contribution in [0.3, 0.4) is 0 Å². The van der Waals surface area contributed by atoms with Gasteiger partial charge in [-0.15, -0.1) is 0 Å². The fourth-order valence-corrected chi connectivity index (χ4v) is 0.658. The van der Waals surface area contributed by atoms with E-state index in [0.29, 0.717) is 0 Å². The van der Waals surface area contributed by atoms with Crippen LogP contribution in [0.5, 0.6) is 0 Å². The SMILES string of the molecule is FC(F)(F)[C-](C(F)(F)F)C(F)(F)C(F)(F)F. The molecule has 0 spiro atoms. The molecule has 0 atom stereocenters. The number of halogens is 11. The van der Waals surface area contributed by atoms with Crippen LogP contribution >= 0.6 is 0 Å². The third kappa shape index (κ3) is 2.88. The first kappa shape index (κ1) is 15.2. The lowest BCUT2D eigenvalue weighted by Crippen LogP contribution is -2.54. The molecule has 0 heterocycles. The summed E-state index contributed by atoms with van der Waals surface area (Å²) in [6.45, 7) is 0. The van der Waals surface area contributed by atoms with Crippen molar-refractivity contribution < 1.29 is 48.3 Å². The maximum atomic E-state index is 12.0. The van der Waals surface area contributed by atoms with Gasteiger partial charge in [0.15, 0.2) is 0 Å². The Labute approximate surface area is 80.0 Å². The minimum Gasteiger partial charge on any atom is -0.233 e. The van der Waals surface area contributed by atoms with Gasteiger partial charge < -0.3 is 0 Å². The van der Waals surface area contributed by atoms with E-state index in [1.54, 1.807) is 0 Å². The minimum absolute atomic E-state index is 4.79. The van der Waals surface area contributed by atoms with E-state index in [1.807, 2.05) is 0 Å². The smallest absolute Gasteiger partial charge is 0.233 e. The quantitative estimate of drug-likeness (QED) is 0.500. The first-order valence-electron chi connectivity index (χ1n) is 3.08. The second-order valence-corrected chi connectivity index (χ2v) is 2.44. The van der Waals surface area contributed by atoms with E-state index in [-0.39, 0.29) is 0 Å². The van der Waals surface area contributed by atoms with Gasteiger partial charge >= 0.3 is 6.18 Å². The normalized spacial score (nSPS) is 15.8. The predicted molar refractivity (Wildman–Crippen MR) is 26.4 cm³/mol. The topological polar surface area (TPSA) is 0 Å². The predicted octanol–water partition coefficient (Wildman–Crippen LogP) is 3.88. The Bertz CT molecular complexity index is 225. The van der Waals surface area contributed by atoms with Gasteiger partial charge in [0.05, 0.1) is 0 Å². The molecule has 0 aliphatic heterocycles.